The Balaban J connectivity index is 1.59. The molecule has 0 heterocycles. The Labute approximate surface area is 172 Å². The zero-order chi connectivity index (χ0) is 20.5. The van der Waals surface area contributed by atoms with Gasteiger partial charge in [-0.15, -0.1) is 0 Å². The highest BCUT2D eigenvalue weighted by Gasteiger charge is 2.25. The summed E-state index contributed by atoms with van der Waals surface area (Å²) in [4.78, 5) is 0. The lowest BCUT2D eigenvalue weighted by Gasteiger charge is -2.27. The Hall–Kier alpha value is -1.77. The Kier molecular flexibility index (Phi) is 6.03. The summed E-state index contributed by atoms with van der Waals surface area (Å²) in [5.41, 5.74) is 1.45. The van der Waals surface area contributed by atoms with E-state index in [4.69, 9.17) is 0 Å². The number of hydrogen-bond donors (Lipinski definition) is 0. The van der Waals surface area contributed by atoms with Gasteiger partial charge in [-0.1, -0.05) is 51.7 Å². The van der Waals surface area contributed by atoms with Crippen LogP contribution in [0.3, 0.4) is 0 Å². The first-order chi connectivity index (χ1) is 13.9. The van der Waals surface area contributed by atoms with Crippen molar-refractivity contribution in [1.82, 2.24) is 0 Å². The lowest BCUT2D eigenvalue weighted by Crippen LogP contribution is -2.12. The van der Waals surface area contributed by atoms with Crippen LogP contribution in [0.1, 0.15) is 88.2 Å². The Morgan fingerprint density at radius 3 is 1.52 bits per heavy atom. The van der Waals surface area contributed by atoms with Gasteiger partial charge in [0.2, 0.25) is 0 Å². The molecule has 3 heteroatoms. The van der Waals surface area contributed by atoms with Crippen LogP contribution in [0.5, 0.6) is 0 Å². The quantitative estimate of drug-likeness (QED) is 0.485. The van der Waals surface area contributed by atoms with E-state index in [1.54, 1.807) is 6.07 Å². The maximum Gasteiger partial charge on any atom is 0.134 e. The summed E-state index contributed by atoms with van der Waals surface area (Å²) >= 11 is 0. The van der Waals surface area contributed by atoms with Crippen LogP contribution < -0.4 is 0 Å². The van der Waals surface area contributed by atoms with Gasteiger partial charge in [0, 0.05) is 5.56 Å². The standard InChI is InChI=1S/C26H31F3/c1-16-3-7-18(8-4-16)20-11-12-22(23(27)13-20)26-24(28)14-21(15-25(26)29)19-9-5-17(2)6-10-19/h11-19H,3-10H2,1-2H3. The molecule has 4 rings (SSSR count). The van der Waals surface area contributed by atoms with E-state index in [0.29, 0.717) is 17.4 Å². The van der Waals surface area contributed by atoms with Crippen molar-refractivity contribution in [3.05, 3.63) is 58.9 Å². The molecule has 2 aromatic carbocycles. The van der Waals surface area contributed by atoms with Gasteiger partial charge in [-0.25, -0.2) is 13.2 Å². The predicted molar refractivity (Wildman–Crippen MR) is 112 cm³/mol. The summed E-state index contributed by atoms with van der Waals surface area (Å²) in [6.45, 7) is 4.48. The van der Waals surface area contributed by atoms with Gasteiger partial charge < -0.3 is 0 Å². The van der Waals surface area contributed by atoms with Crippen molar-refractivity contribution in [1.29, 1.82) is 0 Å². The maximum atomic E-state index is 14.9. The molecule has 156 valence electrons. The summed E-state index contributed by atoms with van der Waals surface area (Å²) in [5.74, 6) is 0.113. The predicted octanol–water partition coefficient (Wildman–Crippen LogP) is 8.36. The van der Waals surface area contributed by atoms with Crippen LogP contribution >= 0.6 is 0 Å². The van der Waals surface area contributed by atoms with E-state index in [1.807, 2.05) is 6.07 Å². The van der Waals surface area contributed by atoms with E-state index in [9.17, 15) is 13.2 Å². The molecule has 2 aromatic rings. The summed E-state index contributed by atoms with van der Waals surface area (Å²) < 4.78 is 44.7. The molecule has 2 aliphatic rings. The van der Waals surface area contributed by atoms with E-state index in [1.165, 1.54) is 18.2 Å². The molecule has 0 aliphatic heterocycles. The van der Waals surface area contributed by atoms with Crippen molar-refractivity contribution in [3.8, 4) is 11.1 Å². The molecule has 0 nitrogen and oxygen atoms in total. The first kappa shape index (κ1) is 20.5. The zero-order valence-electron chi connectivity index (χ0n) is 17.5. The molecule has 0 spiro atoms. The summed E-state index contributed by atoms with van der Waals surface area (Å²) in [6, 6.07) is 7.76. The van der Waals surface area contributed by atoms with Crippen molar-refractivity contribution in [2.45, 2.75) is 77.0 Å². The van der Waals surface area contributed by atoms with Gasteiger partial charge in [0.25, 0.3) is 0 Å². The van der Waals surface area contributed by atoms with Gasteiger partial charge in [0.15, 0.2) is 0 Å². The fourth-order valence-corrected chi connectivity index (χ4v) is 5.26. The molecule has 2 saturated carbocycles. The molecule has 0 amide bonds. The fourth-order valence-electron chi connectivity index (χ4n) is 5.26. The summed E-state index contributed by atoms with van der Waals surface area (Å²) in [6.07, 6.45) is 8.51. The average Bonchev–Trinajstić information content (AvgIpc) is 2.69. The van der Waals surface area contributed by atoms with E-state index in [-0.39, 0.29) is 17.0 Å². The second-order valence-corrected chi connectivity index (χ2v) is 9.51. The average molecular weight is 401 g/mol. The van der Waals surface area contributed by atoms with Gasteiger partial charge in [-0.3, -0.25) is 0 Å². The second-order valence-electron chi connectivity index (χ2n) is 9.51. The lowest BCUT2D eigenvalue weighted by molar-refractivity contribution is 0.346. The van der Waals surface area contributed by atoms with E-state index >= 15 is 0 Å². The molecule has 0 radical (unpaired) electrons. The number of benzene rings is 2. The van der Waals surface area contributed by atoms with E-state index in [2.05, 4.69) is 13.8 Å². The van der Waals surface area contributed by atoms with Gasteiger partial charge in [-0.05, 0) is 78.7 Å². The van der Waals surface area contributed by atoms with Crippen LogP contribution in [0.4, 0.5) is 13.2 Å². The number of hydrogen-bond acceptors (Lipinski definition) is 0. The maximum absolute atomic E-state index is 14.9. The van der Waals surface area contributed by atoms with Crippen LogP contribution in [-0.2, 0) is 0 Å². The molecule has 2 aliphatic carbocycles. The lowest BCUT2D eigenvalue weighted by atomic mass is 9.78. The minimum absolute atomic E-state index is 0.0248. The second kappa shape index (κ2) is 8.53. The van der Waals surface area contributed by atoms with Crippen molar-refractivity contribution in [3.63, 3.8) is 0 Å². The van der Waals surface area contributed by atoms with Crippen molar-refractivity contribution in [2.24, 2.45) is 11.8 Å². The molecule has 0 atom stereocenters. The molecule has 0 unspecified atom stereocenters. The minimum Gasteiger partial charge on any atom is -0.206 e. The summed E-state index contributed by atoms with van der Waals surface area (Å²) in [7, 11) is 0. The SMILES string of the molecule is CC1CCC(c2ccc(-c3c(F)cc(C4CCC(C)CC4)cc3F)c(F)c2)CC1. The van der Waals surface area contributed by atoms with Crippen molar-refractivity contribution >= 4 is 0 Å². The molecule has 29 heavy (non-hydrogen) atoms. The van der Waals surface area contributed by atoms with Crippen LogP contribution in [0.25, 0.3) is 11.1 Å². The van der Waals surface area contributed by atoms with E-state index < -0.39 is 17.5 Å². The fraction of sp³-hybridized carbons (Fsp3) is 0.538. The number of rotatable bonds is 3. The van der Waals surface area contributed by atoms with Crippen LogP contribution in [0, 0.1) is 29.3 Å². The number of halogens is 3. The van der Waals surface area contributed by atoms with Crippen LogP contribution in [0.2, 0.25) is 0 Å². The van der Waals surface area contributed by atoms with Crippen molar-refractivity contribution in [2.75, 3.05) is 0 Å². The highest BCUT2D eigenvalue weighted by Crippen LogP contribution is 2.40. The third-order valence-electron chi connectivity index (χ3n) is 7.30. The highest BCUT2D eigenvalue weighted by atomic mass is 19.1. The van der Waals surface area contributed by atoms with E-state index in [0.717, 1.165) is 62.8 Å². The molecule has 2 fully saturated rings. The largest absolute Gasteiger partial charge is 0.206 e. The van der Waals surface area contributed by atoms with Gasteiger partial charge in [0.1, 0.15) is 17.5 Å². The van der Waals surface area contributed by atoms with Crippen LogP contribution in [-0.4, -0.2) is 0 Å². The normalized spacial score (nSPS) is 27.8. The molecule has 0 bridgehead atoms. The molecule has 0 aromatic heterocycles. The van der Waals surface area contributed by atoms with Crippen LogP contribution in [0.15, 0.2) is 30.3 Å². The molecule has 0 saturated heterocycles. The Morgan fingerprint density at radius 1 is 0.586 bits per heavy atom. The smallest absolute Gasteiger partial charge is 0.134 e. The van der Waals surface area contributed by atoms with Gasteiger partial charge in [-0.2, -0.15) is 0 Å². The Bertz CT molecular complexity index is 833. The molecular weight excluding hydrogens is 369 g/mol. The van der Waals surface area contributed by atoms with Gasteiger partial charge >= 0.3 is 0 Å². The monoisotopic (exact) mass is 400 g/mol. The first-order valence-electron chi connectivity index (χ1n) is 11.2. The topological polar surface area (TPSA) is 0 Å². The van der Waals surface area contributed by atoms with Crippen molar-refractivity contribution < 1.29 is 13.2 Å². The van der Waals surface area contributed by atoms with Gasteiger partial charge in [0.05, 0.1) is 5.56 Å². The first-order valence-corrected chi connectivity index (χ1v) is 11.2. The Morgan fingerprint density at radius 2 is 1.03 bits per heavy atom. The highest BCUT2D eigenvalue weighted by molar-refractivity contribution is 5.66. The zero-order valence-corrected chi connectivity index (χ0v) is 17.5. The molecule has 0 N–H and O–H groups in total. The summed E-state index contributed by atoms with van der Waals surface area (Å²) in [5, 5.41) is 0. The minimum atomic E-state index is -0.656. The third kappa shape index (κ3) is 4.39. The molecular formula is C26H31F3. The third-order valence-corrected chi connectivity index (χ3v) is 7.30.